The van der Waals surface area contributed by atoms with Crippen molar-refractivity contribution < 1.29 is 4.74 Å². The number of alkyl halides is 1. The van der Waals surface area contributed by atoms with Crippen LogP contribution in [0.2, 0.25) is 5.02 Å². The minimum Gasteiger partial charge on any atom is -0.496 e. The van der Waals surface area contributed by atoms with E-state index in [2.05, 4.69) is 38.1 Å². The van der Waals surface area contributed by atoms with Gasteiger partial charge in [0.15, 0.2) is 0 Å². The summed E-state index contributed by atoms with van der Waals surface area (Å²) in [4.78, 5) is 0. The maximum absolute atomic E-state index is 6.60. The van der Waals surface area contributed by atoms with Gasteiger partial charge in [0.2, 0.25) is 0 Å². The first kappa shape index (κ1) is 16.2. The minimum atomic E-state index is -0.245. The lowest BCUT2D eigenvalue weighted by molar-refractivity contribution is 0.410. The fourth-order valence-electron chi connectivity index (χ4n) is 2.37. The Bertz CT molecular complexity index is 591. The Labute approximate surface area is 136 Å². The minimum absolute atomic E-state index is 0.245. The summed E-state index contributed by atoms with van der Waals surface area (Å²) in [6.45, 7) is 4.44. The predicted molar refractivity (Wildman–Crippen MR) is 90.7 cm³/mol. The molecule has 0 aromatic heterocycles. The highest BCUT2D eigenvalue weighted by Gasteiger charge is 2.16. The Morgan fingerprint density at radius 1 is 1.05 bits per heavy atom. The molecule has 0 spiro atoms. The average molecular weight is 323 g/mol. The van der Waals surface area contributed by atoms with Gasteiger partial charge in [-0.1, -0.05) is 55.8 Å². The third-order valence-electron chi connectivity index (χ3n) is 3.38. The lowest BCUT2D eigenvalue weighted by atomic mass is 9.98. The Morgan fingerprint density at radius 3 is 2.29 bits per heavy atom. The van der Waals surface area contributed by atoms with Gasteiger partial charge >= 0.3 is 0 Å². The fraction of sp³-hybridized carbons (Fsp3) is 0.333. The molecule has 0 radical (unpaired) electrons. The summed E-state index contributed by atoms with van der Waals surface area (Å²) in [5.74, 6) is 1.37. The molecule has 2 rings (SSSR count). The first-order chi connectivity index (χ1) is 10.0. The largest absolute Gasteiger partial charge is 0.496 e. The average Bonchev–Trinajstić information content (AvgIpc) is 2.46. The van der Waals surface area contributed by atoms with Crippen LogP contribution in [0.3, 0.4) is 0 Å². The summed E-state index contributed by atoms with van der Waals surface area (Å²) in [6, 6.07) is 14.0. The van der Waals surface area contributed by atoms with Crippen LogP contribution >= 0.6 is 23.2 Å². The maximum Gasteiger partial charge on any atom is 0.125 e. The third-order valence-corrected chi connectivity index (χ3v) is 4.11. The van der Waals surface area contributed by atoms with Gasteiger partial charge in [0, 0.05) is 10.6 Å². The number of methoxy groups -OCH3 is 1. The van der Waals surface area contributed by atoms with Crippen LogP contribution in [0.4, 0.5) is 0 Å². The van der Waals surface area contributed by atoms with Crippen LogP contribution in [-0.4, -0.2) is 7.11 Å². The molecule has 0 aliphatic rings. The normalized spacial score (nSPS) is 12.5. The first-order valence-corrected chi connectivity index (χ1v) is 7.89. The number of hydrogen-bond acceptors (Lipinski definition) is 1. The summed E-state index contributed by atoms with van der Waals surface area (Å²) in [5, 5.41) is 0.400. The predicted octanol–water partition coefficient (Wildman–Crippen LogP) is 5.88. The SMILES string of the molecule is COc1cc(Cl)ccc1C(Cl)c1ccc(CC(C)C)cc1. The fourth-order valence-corrected chi connectivity index (χ4v) is 2.86. The van der Waals surface area contributed by atoms with Gasteiger partial charge in [-0.15, -0.1) is 11.6 Å². The summed E-state index contributed by atoms with van der Waals surface area (Å²) in [7, 11) is 1.63. The molecule has 0 fully saturated rings. The van der Waals surface area contributed by atoms with Gasteiger partial charge < -0.3 is 4.74 Å². The molecule has 0 bridgehead atoms. The van der Waals surface area contributed by atoms with Crippen LogP contribution in [0.15, 0.2) is 42.5 Å². The molecule has 0 heterocycles. The van der Waals surface area contributed by atoms with E-state index in [0.29, 0.717) is 16.7 Å². The van der Waals surface area contributed by atoms with Gasteiger partial charge in [0.25, 0.3) is 0 Å². The lowest BCUT2D eigenvalue weighted by Gasteiger charge is -2.15. The quantitative estimate of drug-likeness (QED) is 0.625. The van der Waals surface area contributed by atoms with E-state index in [1.54, 1.807) is 13.2 Å². The second kappa shape index (κ2) is 7.20. The standard InChI is InChI=1S/C18H20Cl2O/c1-12(2)10-13-4-6-14(7-5-13)18(20)16-9-8-15(19)11-17(16)21-3/h4-9,11-12,18H,10H2,1-3H3. The van der Waals surface area contributed by atoms with Crippen molar-refractivity contribution in [2.75, 3.05) is 7.11 Å². The molecule has 2 aromatic rings. The number of halogens is 2. The van der Waals surface area contributed by atoms with Crippen LogP contribution in [-0.2, 0) is 6.42 Å². The van der Waals surface area contributed by atoms with Gasteiger partial charge in [-0.2, -0.15) is 0 Å². The summed E-state index contributed by atoms with van der Waals surface area (Å²) in [6.07, 6.45) is 1.08. The number of rotatable bonds is 5. The Balaban J connectivity index is 2.25. The van der Waals surface area contributed by atoms with E-state index in [4.69, 9.17) is 27.9 Å². The van der Waals surface area contributed by atoms with Crippen molar-refractivity contribution in [1.29, 1.82) is 0 Å². The molecule has 112 valence electrons. The number of hydrogen-bond donors (Lipinski definition) is 0. The molecule has 1 nitrogen and oxygen atoms in total. The molecule has 0 saturated heterocycles. The molecule has 3 heteroatoms. The Hall–Kier alpha value is -1.18. The van der Waals surface area contributed by atoms with Crippen LogP contribution < -0.4 is 4.74 Å². The summed E-state index contributed by atoms with van der Waals surface area (Å²) < 4.78 is 5.38. The van der Waals surface area contributed by atoms with E-state index in [1.807, 2.05) is 12.1 Å². The molecule has 21 heavy (non-hydrogen) atoms. The van der Waals surface area contributed by atoms with E-state index in [9.17, 15) is 0 Å². The highest BCUT2D eigenvalue weighted by molar-refractivity contribution is 6.30. The third kappa shape index (κ3) is 4.15. The molecule has 2 aromatic carbocycles. The Kier molecular flexibility index (Phi) is 5.55. The molecule has 0 aliphatic heterocycles. The van der Waals surface area contributed by atoms with Gasteiger partial charge in [-0.25, -0.2) is 0 Å². The first-order valence-electron chi connectivity index (χ1n) is 7.07. The van der Waals surface area contributed by atoms with Crippen molar-refractivity contribution in [2.45, 2.75) is 25.6 Å². The van der Waals surface area contributed by atoms with E-state index < -0.39 is 0 Å². The molecule has 0 aliphatic carbocycles. The summed E-state index contributed by atoms with van der Waals surface area (Å²) >= 11 is 12.6. The molecule has 1 unspecified atom stereocenters. The molecular formula is C18H20Cl2O. The molecule has 0 amide bonds. The summed E-state index contributed by atoms with van der Waals surface area (Å²) in [5.41, 5.74) is 3.32. The highest BCUT2D eigenvalue weighted by atomic mass is 35.5. The van der Waals surface area contributed by atoms with Gasteiger partial charge in [-0.3, -0.25) is 0 Å². The van der Waals surface area contributed by atoms with E-state index in [1.165, 1.54) is 5.56 Å². The zero-order valence-corrected chi connectivity index (χ0v) is 14.1. The van der Waals surface area contributed by atoms with E-state index in [0.717, 1.165) is 17.5 Å². The number of benzene rings is 2. The monoisotopic (exact) mass is 322 g/mol. The van der Waals surface area contributed by atoms with E-state index in [-0.39, 0.29) is 5.38 Å². The zero-order valence-electron chi connectivity index (χ0n) is 12.6. The van der Waals surface area contributed by atoms with Crippen LogP contribution in [0.5, 0.6) is 5.75 Å². The van der Waals surface area contributed by atoms with Crippen LogP contribution in [0, 0.1) is 5.92 Å². The Morgan fingerprint density at radius 2 is 1.71 bits per heavy atom. The highest BCUT2D eigenvalue weighted by Crippen LogP contribution is 2.36. The molecule has 1 atom stereocenters. The van der Waals surface area contributed by atoms with Gasteiger partial charge in [0.05, 0.1) is 12.5 Å². The lowest BCUT2D eigenvalue weighted by Crippen LogP contribution is -1.99. The van der Waals surface area contributed by atoms with Gasteiger partial charge in [0.1, 0.15) is 5.75 Å². The zero-order chi connectivity index (χ0) is 15.4. The van der Waals surface area contributed by atoms with Crippen LogP contribution in [0.25, 0.3) is 0 Å². The second-order valence-electron chi connectivity index (χ2n) is 5.59. The van der Waals surface area contributed by atoms with Crippen molar-refractivity contribution in [1.82, 2.24) is 0 Å². The van der Waals surface area contributed by atoms with E-state index >= 15 is 0 Å². The van der Waals surface area contributed by atoms with Crippen molar-refractivity contribution in [2.24, 2.45) is 5.92 Å². The second-order valence-corrected chi connectivity index (χ2v) is 6.46. The molecule has 0 saturated carbocycles. The van der Waals surface area contributed by atoms with Crippen molar-refractivity contribution in [3.8, 4) is 5.75 Å². The molecule has 0 N–H and O–H groups in total. The van der Waals surface area contributed by atoms with Crippen LogP contribution in [0.1, 0.15) is 35.9 Å². The number of ether oxygens (including phenoxy) is 1. The van der Waals surface area contributed by atoms with Crippen molar-refractivity contribution >= 4 is 23.2 Å². The maximum atomic E-state index is 6.60. The van der Waals surface area contributed by atoms with Gasteiger partial charge in [-0.05, 0) is 35.6 Å². The van der Waals surface area contributed by atoms with Crippen molar-refractivity contribution in [3.63, 3.8) is 0 Å². The topological polar surface area (TPSA) is 9.23 Å². The smallest absolute Gasteiger partial charge is 0.125 e. The van der Waals surface area contributed by atoms with Crippen molar-refractivity contribution in [3.05, 3.63) is 64.2 Å². The molecular weight excluding hydrogens is 303 g/mol.